The number of sulfone groups is 1. The summed E-state index contributed by atoms with van der Waals surface area (Å²) in [5.41, 5.74) is 0.603. The monoisotopic (exact) mass is 385 g/mol. The van der Waals surface area contributed by atoms with E-state index in [0.717, 1.165) is 0 Å². The predicted molar refractivity (Wildman–Crippen MR) is 96.5 cm³/mol. The lowest BCUT2D eigenvalue weighted by atomic mass is 10.1. The van der Waals surface area contributed by atoms with E-state index in [0.29, 0.717) is 40.1 Å². The van der Waals surface area contributed by atoms with Crippen LogP contribution in [-0.4, -0.2) is 57.0 Å². The molecule has 1 aromatic heterocycles. The van der Waals surface area contributed by atoms with Crippen molar-refractivity contribution in [1.29, 1.82) is 0 Å². The topological polar surface area (TPSA) is 63.7 Å². The Labute approximate surface area is 150 Å². The summed E-state index contributed by atoms with van der Waals surface area (Å²) in [6.07, 6.45) is 0.427. The third kappa shape index (κ3) is 3.56. The van der Waals surface area contributed by atoms with Gasteiger partial charge in [0.25, 0.3) is 5.91 Å². The zero-order valence-electron chi connectivity index (χ0n) is 14.1. The van der Waals surface area contributed by atoms with E-state index in [1.807, 2.05) is 0 Å². The summed E-state index contributed by atoms with van der Waals surface area (Å²) in [5, 5.41) is 0.460. The van der Waals surface area contributed by atoms with Gasteiger partial charge in [-0.25, -0.2) is 12.8 Å². The number of ether oxygens (including phenoxy) is 1. The Morgan fingerprint density at radius 1 is 1.44 bits per heavy atom. The molecule has 1 amide bonds. The number of thiophene rings is 1. The highest BCUT2D eigenvalue weighted by atomic mass is 32.2. The Kier molecular flexibility index (Phi) is 5.13. The molecule has 0 radical (unpaired) electrons. The molecule has 0 spiro atoms. The Morgan fingerprint density at radius 3 is 2.80 bits per heavy atom. The number of hydrogen-bond acceptors (Lipinski definition) is 5. The van der Waals surface area contributed by atoms with Crippen molar-refractivity contribution in [3.63, 3.8) is 0 Å². The standard InChI is InChI=1S/C17H20FNO4S2/c1-11-15-13(18)4-3-5-14(15)24-16(11)17(20)19(7-8-23-2)12-6-9-25(21,22)10-12/h3-5,12H,6-10H2,1-2H3. The molecule has 2 heterocycles. The van der Waals surface area contributed by atoms with Crippen LogP contribution in [0.2, 0.25) is 0 Å². The second kappa shape index (κ2) is 7.01. The molecule has 0 saturated carbocycles. The summed E-state index contributed by atoms with van der Waals surface area (Å²) in [6, 6.07) is 4.42. The highest BCUT2D eigenvalue weighted by Gasteiger charge is 2.36. The molecule has 0 aliphatic carbocycles. The first kappa shape index (κ1) is 18.3. The quantitative estimate of drug-likeness (QED) is 0.794. The highest BCUT2D eigenvalue weighted by Crippen LogP contribution is 2.34. The van der Waals surface area contributed by atoms with Crippen molar-refractivity contribution in [2.45, 2.75) is 19.4 Å². The van der Waals surface area contributed by atoms with Crippen LogP contribution in [0.3, 0.4) is 0 Å². The van der Waals surface area contributed by atoms with Gasteiger partial charge < -0.3 is 9.64 Å². The van der Waals surface area contributed by atoms with Crippen molar-refractivity contribution < 1.29 is 22.3 Å². The zero-order chi connectivity index (χ0) is 18.2. The molecule has 5 nitrogen and oxygen atoms in total. The Bertz CT molecular complexity index is 907. The van der Waals surface area contributed by atoms with E-state index in [9.17, 15) is 17.6 Å². The van der Waals surface area contributed by atoms with Gasteiger partial charge in [-0.05, 0) is 31.0 Å². The third-order valence-electron chi connectivity index (χ3n) is 4.54. The van der Waals surface area contributed by atoms with E-state index in [2.05, 4.69) is 0 Å². The molecule has 0 bridgehead atoms. The number of hydrogen-bond donors (Lipinski definition) is 0. The molecule has 0 N–H and O–H groups in total. The van der Waals surface area contributed by atoms with Crippen LogP contribution in [0, 0.1) is 12.7 Å². The second-order valence-electron chi connectivity index (χ2n) is 6.22. The number of fused-ring (bicyclic) bond motifs is 1. The number of carbonyl (C=O) groups is 1. The van der Waals surface area contributed by atoms with Crippen molar-refractivity contribution in [3.05, 3.63) is 34.5 Å². The first-order valence-electron chi connectivity index (χ1n) is 8.02. The van der Waals surface area contributed by atoms with E-state index in [-0.39, 0.29) is 29.3 Å². The maximum absolute atomic E-state index is 14.1. The lowest BCUT2D eigenvalue weighted by Gasteiger charge is -2.27. The van der Waals surface area contributed by atoms with Gasteiger partial charge in [-0.2, -0.15) is 0 Å². The van der Waals surface area contributed by atoms with E-state index in [1.165, 1.54) is 24.5 Å². The summed E-state index contributed by atoms with van der Waals surface area (Å²) in [7, 11) is -1.58. The summed E-state index contributed by atoms with van der Waals surface area (Å²) >= 11 is 1.25. The largest absolute Gasteiger partial charge is 0.383 e. The fourth-order valence-electron chi connectivity index (χ4n) is 3.25. The van der Waals surface area contributed by atoms with Crippen molar-refractivity contribution in [3.8, 4) is 0 Å². The Morgan fingerprint density at radius 2 is 2.20 bits per heavy atom. The van der Waals surface area contributed by atoms with Gasteiger partial charge in [-0.1, -0.05) is 6.07 Å². The number of amides is 1. The molecular weight excluding hydrogens is 365 g/mol. The number of carbonyl (C=O) groups excluding carboxylic acids is 1. The van der Waals surface area contributed by atoms with Crippen LogP contribution in [0.15, 0.2) is 18.2 Å². The minimum Gasteiger partial charge on any atom is -0.383 e. The molecule has 3 rings (SSSR count). The van der Waals surface area contributed by atoms with Crippen LogP contribution >= 0.6 is 11.3 Å². The second-order valence-corrected chi connectivity index (χ2v) is 9.50. The third-order valence-corrected chi connectivity index (χ3v) is 7.54. The maximum Gasteiger partial charge on any atom is 0.264 e. The summed E-state index contributed by atoms with van der Waals surface area (Å²) in [6.45, 7) is 2.36. The summed E-state index contributed by atoms with van der Waals surface area (Å²) in [5.74, 6) is -0.538. The first-order chi connectivity index (χ1) is 11.8. The number of benzene rings is 1. The van der Waals surface area contributed by atoms with E-state index < -0.39 is 9.84 Å². The first-order valence-corrected chi connectivity index (χ1v) is 10.7. The summed E-state index contributed by atoms with van der Waals surface area (Å²) < 4.78 is 43.5. The molecule has 25 heavy (non-hydrogen) atoms. The average Bonchev–Trinajstić information content (AvgIpc) is 3.08. The van der Waals surface area contributed by atoms with Crippen LogP contribution in [0.4, 0.5) is 4.39 Å². The number of methoxy groups -OCH3 is 1. The van der Waals surface area contributed by atoms with Gasteiger partial charge in [0.2, 0.25) is 0 Å². The minimum absolute atomic E-state index is 0.0270. The van der Waals surface area contributed by atoms with Crippen molar-refractivity contribution in [1.82, 2.24) is 4.90 Å². The van der Waals surface area contributed by atoms with Gasteiger partial charge >= 0.3 is 0 Å². The zero-order valence-corrected chi connectivity index (χ0v) is 15.8. The van der Waals surface area contributed by atoms with Gasteiger partial charge in [-0.3, -0.25) is 4.79 Å². The van der Waals surface area contributed by atoms with E-state index in [4.69, 9.17) is 4.74 Å². The molecule has 8 heteroatoms. The molecule has 136 valence electrons. The van der Waals surface area contributed by atoms with Crippen LogP contribution < -0.4 is 0 Å². The van der Waals surface area contributed by atoms with Crippen molar-refractivity contribution >= 4 is 37.2 Å². The fourth-order valence-corrected chi connectivity index (χ4v) is 6.16. The predicted octanol–water partition coefficient (Wildman–Crippen LogP) is 2.62. The van der Waals surface area contributed by atoms with Crippen molar-refractivity contribution in [2.75, 3.05) is 31.8 Å². The number of halogens is 1. The SMILES string of the molecule is COCCN(C(=O)c1sc2cccc(F)c2c1C)C1CCS(=O)(=O)C1. The van der Waals surface area contributed by atoms with E-state index >= 15 is 0 Å². The molecule has 1 fully saturated rings. The Hall–Kier alpha value is -1.51. The minimum atomic E-state index is -3.11. The number of rotatable bonds is 5. The van der Waals surface area contributed by atoms with Gasteiger partial charge in [0, 0.05) is 29.8 Å². The number of nitrogens with zero attached hydrogens (tertiary/aromatic N) is 1. The van der Waals surface area contributed by atoms with Crippen LogP contribution in [0.5, 0.6) is 0 Å². The maximum atomic E-state index is 14.1. The van der Waals surface area contributed by atoms with Crippen molar-refractivity contribution in [2.24, 2.45) is 0 Å². The summed E-state index contributed by atoms with van der Waals surface area (Å²) in [4.78, 5) is 15.1. The van der Waals surface area contributed by atoms with E-state index in [1.54, 1.807) is 24.0 Å². The molecule has 1 saturated heterocycles. The van der Waals surface area contributed by atoms with Crippen LogP contribution in [0.1, 0.15) is 21.7 Å². The van der Waals surface area contributed by atoms with Crippen LogP contribution in [0.25, 0.3) is 10.1 Å². The molecular formula is C17H20FNO4S2. The smallest absolute Gasteiger partial charge is 0.264 e. The Balaban J connectivity index is 1.97. The molecule has 1 aliphatic heterocycles. The average molecular weight is 385 g/mol. The van der Waals surface area contributed by atoms with Crippen LogP contribution in [-0.2, 0) is 14.6 Å². The normalized spacial score (nSPS) is 19.4. The van der Waals surface area contributed by atoms with Gasteiger partial charge in [0.1, 0.15) is 5.82 Å². The molecule has 1 unspecified atom stereocenters. The lowest BCUT2D eigenvalue weighted by molar-refractivity contribution is 0.0628. The molecule has 1 aromatic carbocycles. The molecule has 1 aliphatic rings. The van der Waals surface area contributed by atoms with Gasteiger partial charge in [0.05, 0.1) is 23.0 Å². The van der Waals surface area contributed by atoms with Gasteiger partial charge in [0.15, 0.2) is 9.84 Å². The highest BCUT2D eigenvalue weighted by molar-refractivity contribution is 7.91. The lowest BCUT2D eigenvalue weighted by Crippen LogP contribution is -2.43. The fraction of sp³-hybridized carbons (Fsp3) is 0.471. The molecule has 2 aromatic rings. The molecule has 1 atom stereocenters. The van der Waals surface area contributed by atoms with Gasteiger partial charge in [-0.15, -0.1) is 11.3 Å². The number of aryl methyl sites for hydroxylation is 1.